The standard InChI is InChI=1S/C33H28F5N5O5S/c1-39-31(44)29-24-15-23(25(43(11-10-34)49(2,46)47)16-26(24)48-30(29)19-6-8-22(35)9-7-19)20-4-3-5-21(14-20)32(45)42-13-12-41-17-27(33(36,37)38)40-28(41)18-42/h3-9,14-17H,10-13,18H2,1-2H3,(H,39,44). The van der Waals surface area contributed by atoms with Crippen molar-refractivity contribution in [1.82, 2.24) is 19.8 Å². The van der Waals surface area contributed by atoms with E-state index in [0.29, 0.717) is 11.1 Å². The lowest BCUT2D eigenvalue weighted by atomic mass is 9.97. The molecule has 0 saturated carbocycles. The number of benzene rings is 3. The number of halogens is 5. The van der Waals surface area contributed by atoms with Gasteiger partial charge in [0.1, 0.15) is 29.7 Å². The molecule has 0 bridgehead atoms. The van der Waals surface area contributed by atoms with Gasteiger partial charge in [-0.2, -0.15) is 13.2 Å². The number of nitrogens with one attached hydrogen (secondary N) is 1. The van der Waals surface area contributed by atoms with Crippen molar-refractivity contribution in [3.63, 3.8) is 0 Å². The SMILES string of the molecule is CNC(=O)c1c(-c2ccc(F)cc2)oc2cc(N(CCF)S(C)(=O)=O)c(-c3cccc(C(=O)N4CCn5cc(C(F)(F)F)nc5C4)c3)cc12. The number of hydrogen-bond acceptors (Lipinski definition) is 6. The van der Waals surface area contributed by atoms with Crippen LogP contribution >= 0.6 is 0 Å². The van der Waals surface area contributed by atoms with Gasteiger partial charge in [-0.15, -0.1) is 0 Å². The molecule has 0 radical (unpaired) electrons. The van der Waals surface area contributed by atoms with Gasteiger partial charge in [-0.1, -0.05) is 12.1 Å². The summed E-state index contributed by atoms with van der Waals surface area (Å²) in [5, 5.41) is 2.81. The number of fused-ring (bicyclic) bond motifs is 2. The Kier molecular flexibility index (Phi) is 8.69. The second-order valence-corrected chi connectivity index (χ2v) is 13.2. The molecule has 1 aliphatic rings. The molecule has 16 heteroatoms. The van der Waals surface area contributed by atoms with Crippen LogP contribution in [0.5, 0.6) is 0 Å². The van der Waals surface area contributed by atoms with Crippen LogP contribution in [-0.4, -0.2) is 67.8 Å². The zero-order valence-corrected chi connectivity index (χ0v) is 26.8. The Balaban J connectivity index is 1.49. The number of nitrogens with zero attached hydrogens (tertiary/aromatic N) is 4. The van der Waals surface area contributed by atoms with Crippen LogP contribution in [0.3, 0.4) is 0 Å². The average Bonchev–Trinajstić information content (AvgIpc) is 3.67. The highest BCUT2D eigenvalue weighted by atomic mass is 32.2. The van der Waals surface area contributed by atoms with E-state index >= 15 is 0 Å². The summed E-state index contributed by atoms with van der Waals surface area (Å²) in [6.45, 7) is -1.56. The van der Waals surface area contributed by atoms with Crippen LogP contribution in [0.2, 0.25) is 0 Å². The first-order valence-corrected chi connectivity index (χ1v) is 16.7. The van der Waals surface area contributed by atoms with Gasteiger partial charge >= 0.3 is 6.18 Å². The fourth-order valence-corrected chi connectivity index (χ4v) is 6.74. The monoisotopic (exact) mass is 701 g/mol. The molecule has 10 nitrogen and oxygen atoms in total. The average molecular weight is 702 g/mol. The van der Waals surface area contributed by atoms with Gasteiger partial charge in [-0.25, -0.2) is 22.2 Å². The van der Waals surface area contributed by atoms with E-state index in [9.17, 15) is 40.0 Å². The third-order valence-corrected chi connectivity index (χ3v) is 9.30. The van der Waals surface area contributed by atoms with Crippen molar-refractivity contribution in [2.75, 3.05) is 37.4 Å². The second kappa shape index (κ2) is 12.7. The van der Waals surface area contributed by atoms with Crippen LogP contribution in [0, 0.1) is 5.82 Å². The molecule has 2 amide bonds. The maximum absolute atomic E-state index is 13.8. The first kappa shape index (κ1) is 33.6. The third kappa shape index (κ3) is 6.47. The lowest BCUT2D eigenvalue weighted by Crippen LogP contribution is -2.38. The molecule has 1 aliphatic heterocycles. The number of imidazole rings is 1. The summed E-state index contributed by atoms with van der Waals surface area (Å²) in [6, 6.07) is 14.2. The van der Waals surface area contributed by atoms with Crippen molar-refractivity contribution >= 4 is 38.5 Å². The summed E-state index contributed by atoms with van der Waals surface area (Å²) >= 11 is 0. The molecule has 5 aromatic rings. The molecule has 49 heavy (non-hydrogen) atoms. The van der Waals surface area contributed by atoms with Crippen molar-refractivity contribution in [2.24, 2.45) is 0 Å². The number of alkyl halides is 4. The highest BCUT2D eigenvalue weighted by Crippen LogP contribution is 2.42. The van der Waals surface area contributed by atoms with Crippen LogP contribution in [-0.2, 0) is 29.3 Å². The van der Waals surface area contributed by atoms with Gasteiger partial charge in [0.2, 0.25) is 10.0 Å². The molecule has 0 spiro atoms. The summed E-state index contributed by atoms with van der Waals surface area (Å²) in [4.78, 5) is 31.9. The van der Waals surface area contributed by atoms with Crippen molar-refractivity contribution < 1.29 is 44.4 Å². The molecule has 0 atom stereocenters. The van der Waals surface area contributed by atoms with Crippen LogP contribution in [0.1, 0.15) is 32.2 Å². The summed E-state index contributed by atoms with van der Waals surface area (Å²) < 4.78 is 101. The highest BCUT2D eigenvalue weighted by molar-refractivity contribution is 7.92. The quantitative estimate of drug-likeness (QED) is 0.202. The van der Waals surface area contributed by atoms with Gasteiger partial charge in [-0.3, -0.25) is 13.9 Å². The molecule has 1 N–H and O–H groups in total. The molecule has 0 fully saturated rings. The molecule has 0 saturated heterocycles. The van der Waals surface area contributed by atoms with Crippen molar-refractivity contribution in [1.29, 1.82) is 0 Å². The largest absolute Gasteiger partial charge is 0.455 e. The van der Waals surface area contributed by atoms with Gasteiger partial charge < -0.3 is 19.2 Å². The summed E-state index contributed by atoms with van der Waals surface area (Å²) in [5.41, 5.74) is 0.133. The van der Waals surface area contributed by atoms with Gasteiger partial charge in [0, 0.05) is 54.5 Å². The Morgan fingerprint density at radius 1 is 1.04 bits per heavy atom. The van der Waals surface area contributed by atoms with E-state index in [-0.39, 0.29) is 64.6 Å². The zero-order valence-electron chi connectivity index (χ0n) is 26.0. The Labute approximate surface area is 276 Å². The lowest BCUT2D eigenvalue weighted by Gasteiger charge is -2.28. The van der Waals surface area contributed by atoms with Crippen molar-refractivity contribution in [3.8, 4) is 22.5 Å². The minimum atomic E-state index is -4.64. The predicted molar refractivity (Wildman–Crippen MR) is 171 cm³/mol. The van der Waals surface area contributed by atoms with Crippen LogP contribution in [0.15, 0.2) is 71.3 Å². The minimum absolute atomic E-state index is 0.000193. The highest BCUT2D eigenvalue weighted by Gasteiger charge is 2.36. The first-order chi connectivity index (χ1) is 23.2. The maximum atomic E-state index is 13.8. The smallest absolute Gasteiger partial charge is 0.434 e. The normalized spacial score (nSPS) is 13.4. The molecular weight excluding hydrogens is 673 g/mol. The molecule has 256 valence electrons. The van der Waals surface area contributed by atoms with E-state index in [1.807, 2.05) is 0 Å². The second-order valence-electron chi connectivity index (χ2n) is 11.3. The van der Waals surface area contributed by atoms with Crippen LogP contribution < -0.4 is 9.62 Å². The zero-order chi connectivity index (χ0) is 35.2. The molecule has 0 unspecified atom stereocenters. The Bertz CT molecular complexity index is 2200. The summed E-state index contributed by atoms with van der Waals surface area (Å²) in [6.07, 6.45) is -2.82. The number of amides is 2. The van der Waals surface area contributed by atoms with E-state index in [0.717, 1.165) is 16.8 Å². The number of hydrogen-bond donors (Lipinski definition) is 1. The Morgan fingerprint density at radius 2 is 1.78 bits per heavy atom. The number of furan rings is 1. The van der Waals surface area contributed by atoms with E-state index < -0.39 is 52.7 Å². The van der Waals surface area contributed by atoms with E-state index in [1.165, 1.54) is 65.0 Å². The predicted octanol–water partition coefficient (Wildman–Crippen LogP) is 5.87. The number of sulfonamides is 1. The first-order valence-electron chi connectivity index (χ1n) is 14.8. The number of aromatic nitrogens is 2. The van der Waals surface area contributed by atoms with Gasteiger partial charge in [-0.05, 0) is 48.0 Å². The number of rotatable bonds is 8. The molecular formula is C33H28F5N5O5S. The molecule has 2 aromatic heterocycles. The van der Waals surface area contributed by atoms with Gasteiger partial charge in [0.25, 0.3) is 11.8 Å². The van der Waals surface area contributed by atoms with Gasteiger partial charge in [0.15, 0.2) is 5.69 Å². The fourth-order valence-electron chi connectivity index (χ4n) is 5.83. The van der Waals surface area contributed by atoms with E-state index in [4.69, 9.17) is 4.42 Å². The van der Waals surface area contributed by atoms with Crippen LogP contribution in [0.4, 0.5) is 27.6 Å². The lowest BCUT2D eigenvalue weighted by molar-refractivity contribution is -0.141. The van der Waals surface area contributed by atoms with Crippen LogP contribution in [0.25, 0.3) is 33.4 Å². The Hall–Kier alpha value is -5.25. The third-order valence-electron chi connectivity index (χ3n) is 8.12. The van der Waals surface area contributed by atoms with Crippen molar-refractivity contribution in [3.05, 3.63) is 95.3 Å². The van der Waals surface area contributed by atoms with E-state index in [2.05, 4.69) is 10.3 Å². The fraction of sp³-hybridized carbons (Fsp3) is 0.242. The van der Waals surface area contributed by atoms with Gasteiger partial charge in [0.05, 0.1) is 30.6 Å². The summed E-state index contributed by atoms with van der Waals surface area (Å²) in [7, 11) is -2.67. The maximum Gasteiger partial charge on any atom is 0.434 e. The molecule has 0 aliphatic carbocycles. The Morgan fingerprint density at radius 3 is 2.43 bits per heavy atom. The van der Waals surface area contributed by atoms with Crippen molar-refractivity contribution in [2.45, 2.75) is 19.3 Å². The minimum Gasteiger partial charge on any atom is -0.455 e. The molecule has 6 rings (SSSR count). The number of carbonyl (C=O) groups excluding carboxylic acids is 2. The topological polar surface area (TPSA) is 118 Å². The molecule has 3 heterocycles. The molecule has 3 aromatic carbocycles. The number of carbonyl (C=O) groups is 2. The number of anilines is 1. The van der Waals surface area contributed by atoms with E-state index in [1.54, 1.807) is 12.1 Å². The summed E-state index contributed by atoms with van der Waals surface area (Å²) in [5.74, 6) is -1.43.